The monoisotopic (exact) mass is 523 g/mol. The van der Waals surface area contributed by atoms with Crippen LogP contribution in [0, 0.1) is 13.8 Å². The van der Waals surface area contributed by atoms with E-state index < -0.39 is 0 Å². The van der Waals surface area contributed by atoms with Gasteiger partial charge in [-0.25, -0.2) is 9.97 Å². The number of halogens is 1. The summed E-state index contributed by atoms with van der Waals surface area (Å²) in [4.78, 5) is 13.6. The number of benzene rings is 1. The second-order valence-electron chi connectivity index (χ2n) is 7.22. The summed E-state index contributed by atoms with van der Waals surface area (Å²) in [6.07, 6.45) is 7.10. The van der Waals surface area contributed by atoms with Crippen LogP contribution in [0.2, 0.25) is 0 Å². The average Bonchev–Trinajstić information content (AvgIpc) is 3.27. The number of nitrogens with one attached hydrogen (secondary N) is 2. The maximum atomic E-state index is 4.73. The number of fused-ring (bicyclic) bond motifs is 1. The van der Waals surface area contributed by atoms with Crippen molar-refractivity contribution in [3.05, 3.63) is 48.3 Å². The first kappa shape index (κ1) is 24.2. The molecule has 0 saturated carbocycles. The number of hydrogen-bond donors (Lipinski definition) is 2. The predicted octanol–water partition coefficient (Wildman–Crippen LogP) is 3.89. The topological polar surface area (TPSA) is 72.1 Å². The van der Waals surface area contributed by atoms with Gasteiger partial charge in [-0.1, -0.05) is 12.1 Å². The third-order valence-corrected chi connectivity index (χ3v) is 5.04. The number of hydrogen-bond acceptors (Lipinski definition) is 3. The fraction of sp³-hybridized carbons (Fsp3) is 0.500. The maximum Gasteiger partial charge on any atom is 0.191 e. The minimum atomic E-state index is 0. The molecule has 1 aromatic carbocycles. The standard InChI is InChI=1S/C22H33N7.HI/c1-4-23-22(25-12-7-8-15-28-17-14-24-18(28)2)26-13-9-16-29-19(3)27-20-10-5-6-11-21(20)29;/h5-6,10-11,14,17H,4,7-9,12-13,15-16H2,1-3H3,(H2,23,25,26);1H. The highest BCUT2D eigenvalue weighted by atomic mass is 127. The Morgan fingerprint density at radius 1 is 1.03 bits per heavy atom. The summed E-state index contributed by atoms with van der Waals surface area (Å²) < 4.78 is 4.48. The molecule has 0 amide bonds. The van der Waals surface area contributed by atoms with Crippen molar-refractivity contribution in [1.82, 2.24) is 29.7 Å². The van der Waals surface area contributed by atoms with Gasteiger partial charge in [0.25, 0.3) is 0 Å². The van der Waals surface area contributed by atoms with Crippen LogP contribution < -0.4 is 10.6 Å². The Labute approximate surface area is 196 Å². The second-order valence-corrected chi connectivity index (χ2v) is 7.22. The van der Waals surface area contributed by atoms with Crippen LogP contribution >= 0.6 is 24.0 Å². The molecule has 0 aliphatic rings. The Hall–Kier alpha value is -2.10. The number of aliphatic imine (C=N–C) groups is 1. The van der Waals surface area contributed by atoms with Crippen LogP contribution in [0.3, 0.4) is 0 Å². The van der Waals surface area contributed by atoms with Gasteiger partial charge in [-0.2, -0.15) is 0 Å². The number of aryl methyl sites for hydroxylation is 4. The molecule has 164 valence electrons. The Balaban J connectivity index is 0.00000320. The number of guanidine groups is 1. The molecule has 0 aliphatic carbocycles. The van der Waals surface area contributed by atoms with E-state index in [-0.39, 0.29) is 24.0 Å². The third kappa shape index (κ3) is 6.72. The van der Waals surface area contributed by atoms with E-state index in [1.165, 1.54) is 5.52 Å². The predicted molar refractivity (Wildman–Crippen MR) is 135 cm³/mol. The van der Waals surface area contributed by atoms with E-state index in [4.69, 9.17) is 4.99 Å². The van der Waals surface area contributed by atoms with Gasteiger partial charge in [-0.3, -0.25) is 4.99 Å². The highest BCUT2D eigenvalue weighted by Gasteiger charge is 2.06. The molecule has 0 spiro atoms. The summed E-state index contributed by atoms with van der Waals surface area (Å²) in [7, 11) is 0. The highest BCUT2D eigenvalue weighted by molar-refractivity contribution is 14.0. The molecule has 3 rings (SSSR count). The van der Waals surface area contributed by atoms with Gasteiger partial charge < -0.3 is 19.8 Å². The van der Waals surface area contributed by atoms with Crippen LogP contribution in [-0.2, 0) is 13.1 Å². The molecule has 0 aliphatic heterocycles. The molecule has 2 heterocycles. The van der Waals surface area contributed by atoms with Crippen molar-refractivity contribution >= 4 is 41.0 Å². The first-order valence-electron chi connectivity index (χ1n) is 10.6. The zero-order valence-electron chi connectivity index (χ0n) is 18.3. The molecule has 7 nitrogen and oxygen atoms in total. The maximum absolute atomic E-state index is 4.73. The van der Waals surface area contributed by atoms with Gasteiger partial charge in [-0.15, -0.1) is 24.0 Å². The van der Waals surface area contributed by atoms with Crippen LogP contribution in [0.25, 0.3) is 11.0 Å². The minimum absolute atomic E-state index is 0. The van der Waals surface area contributed by atoms with E-state index in [9.17, 15) is 0 Å². The number of unbranched alkanes of at least 4 members (excludes halogenated alkanes) is 1. The van der Waals surface area contributed by atoms with Crippen LogP contribution in [0.4, 0.5) is 0 Å². The van der Waals surface area contributed by atoms with Crippen LogP contribution in [0.15, 0.2) is 41.7 Å². The quantitative estimate of drug-likeness (QED) is 0.183. The summed E-state index contributed by atoms with van der Waals surface area (Å²) in [5.74, 6) is 3.04. The van der Waals surface area contributed by atoms with E-state index in [1.54, 1.807) is 0 Å². The summed E-state index contributed by atoms with van der Waals surface area (Å²) in [6, 6.07) is 8.31. The Morgan fingerprint density at radius 3 is 2.63 bits per heavy atom. The minimum Gasteiger partial charge on any atom is -0.357 e. The van der Waals surface area contributed by atoms with Crippen LogP contribution in [0.5, 0.6) is 0 Å². The van der Waals surface area contributed by atoms with Gasteiger partial charge in [0.05, 0.1) is 11.0 Å². The number of imidazole rings is 2. The number of rotatable bonds is 10. The average molecular weight is 523 g/mol. The Bertz CT molecular complexity index is 929. The molecular weight excluding hydrogens is 489 g/mol. The molecule has 0 fully saturated rings. The summed E-state index contributed by atoms with van der Waals surface area (Å²) >= 11 is 0. The van der Waals surface area contributed by atoms with Gasteiger partial charge in [0, 0.05) is 45.1 Å². The fourth-order valence-electron chi connectivity index (χ4n) is 3.49. The van der Waals surface area contributed by atoms with Crippen molar-refractivity contribution < 1.29 is 0 Å². The molecule has 0 bridgehead atoms. The third-order valence-electron chi connectivity index (χ3n) is 5.04. The molecular formula is C22H34IN7. The SMILES string of the molecule is CCNC(=NCCCn1c(C)nc2ccccc21)NCCCCn1ccnc1C.I. The molecule has 3 aromatic rings. The van der Waals surface area contributed by atoms with Crippen molar-refractivity contribution in [3.63, 3.8) is 0 Å². The fourth-order valence-corrected chi connectivity index (χ4v) is 3.49. The zero-order valence-corrected chi connectivity index (χ0v) is 20.6. The van der Waals surface area contributed by atoms with E-state index in [2.05, 4.69) is 61.8 Å². The highest BCUT2D eigenvalue weighted by Crippen LogP contribution is 2.15. The van der Waals surface area contributed by atoms with Gasteiger partial charge in [0.2, 0.25) is 0 Å². The van der Waals surface area contributed by atoms with E-state index in [0.717, 1.165) is 75.1 Å². The van der Waals surface area contributed by atoms with Crippen molar-refractivity contribution in [2.45, 2.75) is 53.1 Å². The zero-order chi connectivity index (χ0) is 20.5. The van der Waals surface area contributed by atoms with Crippen LogP contribution in [0.1, 0.15) is 37.8 Å². The van der Waals surface area contributed by atoms with Gasteiger partial charge in [0.15, 0.2) is 5.96 Å². The van der Waals surface area contributed by atoms with Crippen molar-refractivity contribution in [2.75, 3.05) is 19.6 Å². The molecule has 8 heteroatoms. The molecule has 0 atom stereocenters. The lowest BCUT2D eigenvalue weighted by Gasteiger charge is -2.12. The lowest BCUT2D eigenvalue weighted by Crippen LogP contribution is -2.38. The molecule has 30 heavy (non-hydrogen) atoms. The first-order valence-corrected chi connectivity index (χ1v) is 10.6. The molecule has 0 unspecified atom stereocenters. The normalized spacial score (nSPS) is 11.5. The molecule has 0 saturated heterocycles. The summed E-state index contributed by atoms with van der Waals surface area (Å²) in [5.41, 5.74) is 2.27. The summed E-state index contributed by atoms with van der Waals surface area (Å²) in [6.45, 7) is 10.7. The smallest absolute Gasteiger partial charge is 0.191 e. The number of aromatic nitrogens is 4. The van der Waals surface area contributed by atoms with Crippen molar-refractivity contribution in [1.29, 1.82) is 0 Å². The van der Waals surface area contributed by atoms with Crippen molar-refractivity contribution in [3.8, 4) is 0 Å². The van der Waals surface area contributed by atoms with Gasteiger partial charge in [0.1, 0.15) is 11.6 Å². The Kier molecular flexibility index (Phi) is 10.1. The van der Waals surface area contributed by atoms with E-state index in [1.807, 2.05) is 25.4 Å². The van der Waals surface area contributed by atoms with E-state index >= 15 is 0 Å². The number of para-hydroxylation sites is 2. The molecule has 2 aromatic heterocycles. The second kappa shape index (κ2) is 12.6. The summed E-state index contributed by atoms with van der Waals surface area (Å²) in [5, 5.41) is 6.78. The largest absolute Gasteiger partial charge is 0.357 e. The van der Waals surface area contributed by atoms with Crippen LogP contribution in [-0.4, -0.2) is 44.7 Å². The molecule has 0 radical (unpaired) electrons. The van der Waals surface area contributed by atoms with Gasteiger partial charge in [-0.05, 0) is 52.2 Å². The molecule has 2 N–H and O–H groups in total. The van der Waals surface area contributed by atoms with Crippen molar-refractivity contribution in [2.24, 2.45) is 4.99 Å². The Morgan fingerprint density at radius 2 is 1.87 bits per heavy atom. The van der Waals surface area contributed by atoms with Gasteiger partial charge >= 0.3 is 0 Å². The first-order chi connectivity index (χ1) is 14.2. The van der Waals surface area contributed by atoms with E-state index in [0.29, 0.717) is 0 Å². The lowest BCUT2D eigenvalue weighted by atomic mass is 10.3. The number of nitrogens with zero attached hydrogens (tertiary/aromatic N) is 5. The lowest BCUT2D eigenvalue weighted by molar-refractivity contribution is 0.587.